The van der Waals surface area contributed by atoms with Crippen molar-refractivity contribution in [3.8, 4) is 5.88 Å². The molecule has 0 aliphatic heterocycles. The molecule has 5 nitrogen and oxygen atoms in total. The molecule has 1 unspecified atom stereocenters. The van der Waals surface area contributed by atoms with Crippen LogP contribution in [0.15, 0.2) is 12.5 Å². The highest BCUT2D eigenvalue weighted by atomic mass is 32.1. The number of hydrogen-bond acceptors (Lipinski definition) is 6. The molecule has 0 spiro atoms. The molecule has 0 bridgehead atoms. The Balaban J connectivity index is 2.19. The van der Waals surface area contributed by atoms with E-state index >= 15 is 0 Å². The van der Waals surface area contributed by atoms with Crippen molar-refractivity contribution in [2.45, 2.75) is 26.8 Å². The molecule has 0 amide bonds. The highest BCUT2D eigenvalue weighted by molar-refractivity contribution is 7.11. The van der Waals surface area contributed by atoms with Crippen molar-refractivity contribution in [1.29, 1.82) is 0 Å². The number of anilines is 1. The van der Waals surface area contributed by atoms with E-state index in [0.717, 1.165) is 16.4 Å². The van der Waals surface area contributed by atoms with Crippen LogP contribution >= 0.6 is 11.3 Å². The van der Waals surface area contributed by atoms with Gasteiger partial charge >= 0.3 is 0 Å². The van der Waals surface area contributed by atoms with Crippen molar-refractivity contribution in [3.63, 3.8) is 0 Å². The smallest absolute Gasteiger partial charge is 0.221 e. The summed E-state index contributed by atoms with van der Waals surface area (Å²) in [5.74, 6) is 1.37. The lowest BCUT2D eigenvalue weighted by atomic mass is 10.3. The molecule has 0 radical (unpaired) electrons. The molecule has 0 saturated heterocycles. The van der Waals surface area contributed by atoms with Crippen LogP contribution in [0, 0.1) is 13.8 Å². The Kier molecular flexibility index (Phi) is 3.76. The van der Waals surface area contributed by atoms with E-state index in [0.29, 0.717) is 5.88 Å². The van der Waals surface area contributed by atoms with Gasteiger partial charge in [0.15, 0.2) is 0 Å². The van der Waals surface area contributed by atoms with Crippen LogP contribution in [-0.2, 0) is 0 Å². The summed E-state index contributed by atoms with van der Waals surface area (Å²) in [5.41, 5.74) is 0.903. The molecule has 0 aliphatic carbocycles. The fourth-order valence-corrected chi connectivity index (χ4v) is 2.40. The maximum absolute atomic E-state index is 5.17. The van der Waals surface area contributed by atoms with Gasteiger partial charge in [0, 0.05) is 11.1 Å². The van der Waals surface area contributed by atoms with Gasteiger partial charge in [-0.1, -0.05) is 0 Å². The van der Waals surface area contributed by atoms with Gasteiger partial charge < -0.3 is 10.1 Å². The van der Waals surface area contributed by atoms with Gasteiger partial charge in [-0.2, -0.15) is 0 Å². The topological polar surface area (TPSA) is 59.9 Å². The van der Waals surface area contributed by atoms with Crippen LogP contribution in [0.1, 0.15) is 28.4 Å². The van der Waals surface area contributed by atoms with Crippen LogP contribution in [0.3, 0.4) is 0 Å². The maximum atomic E-state index is 5.17. The lowest BCUT2D eigenvalue weighted by molar-refractivity contribution is 0.393. The van der Waals surface area contributed by atoms with Crippen LogP contribution in [0.2, 0.25) is 0 Å². The van der Waals surface area contributed by atoms with E-state index in [9.17, 15) is 0 Å². The van der Waals surface area contributed by atoms with Crippen LogP contribution in [0.25, 0.3) is 0 Å². The maximum Gasteiger partial charge on any atom is 0.221 e. The van der Waals surface area contributed by atoms with Crippen molar-refractivity contribution >= 4 is 17.2 Å². The van der Waals surface area contributed by atoms with Crippen molar-refractivity contribution in [1.82, 2.24) is 15.0 Å². The van der Waals surface area contributed by atoms with E-state index < -0.39 is 0 Å². The second-order valence-corrected chi connectivity index (χ2v) is 5.30. The fourth-order valence-electron chi connectivity index (χ4n) is 1.62. The summed E-state index contributed by atoms with van der Waals surface area (Å²) in [6.45, 7) is 6.04. The number of aryl methyl sites for hydroxylation is 1. The molecule has 18 heavy (non-hydrogen) atoms. The molecular weight excluding hydrogens is 248 g/mol. The number of thiazole rings is 1. The first-order valence-corrected chi connectivity index (χ1v) is 6.48. The Morgan fingerprint density at radius 3 is 2.67 bits per heavy atom. The van der Waals surface area contributed by atoms with Crippen LogP contribution < -0.4 is 10.1 Å². The number of aromatic nitrogens is 3. The third kappa shape index (κ3) is 2.59. The summed E-state index contributed by atoms with van der Waals surface area (Å²) in [6.07, 6.45) is 3.37. The standard InChI is InChI=1S/C12H16N4OS/c1-7-5-13-12(18-7)9(3)16-10-8(2)11(17-4)15-6-14-10/h5-6,9H,1-4H3,(H,14,15,16). The predicted molar refractivity (Wildman–Crippen MR) is 72.2 cm³/mol. The SMILES string of the molecule is COc1ncnc(NC(C)c2ncc(C)s2)c1C. The van der Waals surface area contributed by atoms with Crippen LogP contribution in [-0.4, -0.2) is 22.1 Å². The summed E-state index contributed by atoms with van der Waals surface area (Å²) in [6, 6.07) is 0.113. The summed E-state index contributed by atoms with van der Waals surface area (Å²) < 4.78 is 5.17. The van der Waals surface area contributed by atoms with Crippen molar-refractivity contribution < 1.29 is 4.74 Å². The lowest BCUT2D eigenvalue weighted by Crippen LogP contribution is -2.09. The fraction of sp³-hybridized carbons (Fsp3) is 0.417. The Hall–Kier alpha value is -1.69. The molecular formula is C12H16N4OS. The van der Waals surface area contributed by atoms with Gasteiger partial charge in [-0.05, 0) is 20.8 Å². The minimum Gasteiger partial charge on any atom is -0.481 e. The molecule has 2 rings (SSSR count). The zero-order valence-electron chi connectivity index (χ0n) is 10.9. The van der Waals surface area contributed by atoms with Crippen molar-refractivity contribution in [2.24, 2.45) is 0 Å². The summed E-state index contributed by atoms with van der Waals surface area (Å²) >= 11 is 1.68. The Labute approximate surface area is 110 Å². The molecule has 0 aromatic carbocycles. The summed E-state index contributed by atoms with van der Waals surface area (Å²) in [7, 11) is 1.60. The number of nitrogens with one attached hydrogen (secondary N) is 1. The molecule has 1 N–H and O–H groups in total. The monoisotopic (exact) mass is 264 g/mol. The molecule has 0 fully saturated rings. The number of hydrogen-bond donors (Lipinski definition) is 1. The van der Waals surface area contributed by atoms with Gasteiger partial charge in [0.1, 0.15) is 17.2 Å². The minimum atomic E-state index is 0.113. The predicted octanol–water partition coefficient (Wildman–Crippen LogP) is 2.73. The Morgan fingerprint density at radius 1 is 1.28 bits per heavy atom. The van der Waals surface area contributed by atoms with E-state index in [4.69, 9.17) is 4.74 Å². The summed E-state index contributed by atoms with van der Waals surface area (Å²) in [4.78, 5) is 13.9. The van der Waals surface area contributed by atoms with E-state index in [1.54, 1.807) is 18.4 Å². The first kappa shape index (κ1) is 12.8. The number of nitrogens with zero attached hydrogens (tertiary/aromatic N) is 3. The average molecular weight is 264 g/mol. The molecule has 2 aromatic heterocycles. The molecule has 6 heteroatoms. The van der Waals surface area contributed by atoms with Gasteiger partial charge in [0.2, 0.25) is 5.88 Å². The number of rotatable bonds is 4. The van der Waals surface area contributed by atoms with Gasteiger partial charge in [0.05, 0.1) is 18.7 Å². The van der Waals surface area contributed by atoms with E-state index in [1.165, 1.54) is 11.2 Å². The van der Waals surface area contributed by atoms with Crippen molar-refractivity contribution in [2.75, 3.05) is 12.4 Å². The third-order valence-electron chi connectivity index (χ3n) is 2.59. The van der Waals surface area contributed by atoms with Gasteiger partial charge in [-0.3, -0.25) is 0 Å². The van der Waals surface area contributed by atoms with E-state index in [2.05, 4.69) is 27.2 Å². The van der Waals surface area contributed by atoms with Gasteiger partial charge in [0.25, 0.3) is 0 Å². The Morgan fingerprint density at radius 2 is 2.06 bits per heavy atom. The summed E-state index contributed by atoms with van der Waals surface area (Å²) in [5, 5.41) is 4.38. The number of methoxy groups -OCH3 is 1. The zero-order chi connectivity index (χ0) is 13.1. The molecule has 0 aliphatic rings. The molecule has 2 aromatic rings. The second kappa shape index (κ2) is 5.30. The molecule has 1 atom stereocenters. The number of ether oxygens (including phenoxy) is 1. The Bertz CT molecular complexity index is 541. The second-order valence-electron chi connectivity index (χ2n) is 4.03. The largest absolute Gasteiger partial charge is 0.481 e. The first-order chi connectivity index (χ1) is 8.61. The van der Waals surface area contributed by atoms with Crippen molar-refractivity contribution in [3.05, 3.63) is 28.0 Å². The zero-order valence-corrected chi connectivity index (χ0v) is 11.7. The minimum absolute atomic E-state index is 0.113. The highest BCUT2D eigenvalue weighted by Gasteiger charge is 2.13. The lowest BCUT2D eigenvalue weighted by Gasteiger charge is -2.14. The molecule has 96 valence electrons. The quantitative estimate of drug-likeness (QED) is 0.920. The highest BCUT2D eigenvalue weighted by Crippen LogP contribution is 2.26. The molecule has 0 saturated carbocycles. The van der Waals surface area contributed by atoms with Crippen LogP contribution in [0.4, 0.5) is 5.82 Å². The third-order valence-corrected chi connectivity index (χ3v) is 3.69. The van der Waals surface area contributed by atoms with Crippen LogP contribution in [0.5, 0.6) is 5.88 Å². The average Bonchev–Trinajstić information content (AvgIpc) is 2.78. The normalized spacial score (nSPS) is 12.2. The van der Waals surface area contributed by atoms with E-state index in [1.807, 2.05) is 20.0 Å². The van der Waals surface area contributed by atoms with Gasteiger partial charge in [-0.25, -0.2) is 15.0 Å². The molecule has 2 heterocycles. The van der Waals surface area contributed by atoms with E-state index in [-0.39, 0.29) is 6.04 Å². The van der Waals surface area contributed by atoms with Gasteiger partial charge in [-0.15, -0.1) is 11.3 Å². The first-order valence-electron chi connectivity index (χ1n) is 5.66.